The van der Waals surface area contributed by atoms with Gasteiger partial charge in [-0.05, 0) is 0 Å². The van der Waals surface area contributed by atoms with E-state index in [1.807, 2.05) is 6.92 Å². The third kappa shape index (κ3) is 6.57. The average Bonchev–Trinajstić information content (AvgIpc) is 2.29. The first-order chi connectivity index (χ1) is 7.33. The van der Waals surface area contributed by atoms with E-state index in [1.165, 1.54) is 42.7 Å². The zero-order valence-corrected chi connectivity index (χ0v) is 11.7. The molecule has 90 valence electrons. The monoisotopic (exact) mass is 280 g/mol. The Kier molecular flexibility index (Phi) is 7.72. The van der Waals surface area contributed by atoms with Crippen LogP contribution in [0.3, 0.4) is 0 Å². The molecule has 1 saturated carbocycles. The molecule has 0 aromatic heterocycles. The van der Waals surface area contributed by atoms with E-state index in [-0.39, 0.29) is 6.29 Å². The quantitative estimate of drug-likeness (QED) is 0.405. The van der Waals surface area contributed by atoms with E-state index in [2.05, 4.69) is 0 Å². The molecule has 15 heavy (non-hydrogen) atoms. The maximum atomic E-state index is 5.47. The van der Waals surface area contributed by atoms with Crippen LogP contribution in [-0.4, -0.2) is 35.0 Å². The van der Waals surface area contributed by atoms with Crippen LogP contribution >= 0.6 is 0 Å². The van der Waals surface area contributed by atoms with Crippen molar-refractivity contribution in [3.63, 3.8) is 0 Å². The molecule has 0 N–H and O–H groups in total. The second kappa shape index (κ2) is 8.58. The van der Waals surface area contributed by atoms with Gasteiger partial charge in [-0.15, -0.1) is 0 Å². The predicted molar refractivity (Wildman–Crippen MR) is 64.4 cm³/mol. The van der Waals surface area contributed by atoms with E-state index in [4.69, 9.17) is 9.47 Å². The molecule has 0 saturated heterocycles. The number of hydrogen-bond donors (Lipinski definition) is 0. The van der Waals surface area contributed by atoms with Gasteiger partial charge in [-0.1, -0.05) is 0 Å². The van der Waals surface area contributed by atoms with Crippen molar-refractivity contribution in [1.82, 2.24) is 0 Å². The molecule has 0 aromatic rings. The molecule has 1 atom stereocenters. The Balaban J connectivity index is 1.87. The second-order valence-corrected chi connectivity index (χ2v) is 6.67. The van der Waals surface area contributed by atoms with Crippen LogP contribution in [0.5, 0.6) is 0 Å². The van der Waals surface area contributed by atoms with Crippen LogP contribution in [0.25, 0.3) is 0 Å². The van der Waals surface area contributed by atoms with Crippen LogP contribution < -0.4 is 0 Å². The fourth-order valence-electron chi connectivity index (χ4n) is 1.94. The summed E-state index contributed by atoms with van der Waals surface area (Å²) >= 11 is 0.787. The Bertz CT molecular complexity index is 147. The van der Waals surface area contributed by atoms with Crippen LogP contribution in [0.4, 0.5) is 0 Å². The fourth-order valence-corrected chi connectivity index (χ4v) is 4.14. The number of ether oxygens (including phenoxy) is 2. The first kappa shape index (κ1) is 13.5. The average molecular weight is 279 g/mol. The van der Waals surface area contributed by atoms with Crippen LogP contribution in [0, 0.1) is 5.92 Å². The van der Waals surface area contributed by atoms with E-state index >= 15 is 0 Å². The molecule has 3 heteroatoms. The van der Waals surface area contributed by atoms with Gasteiger partial charge in [0.05, 0.1) is 0 Å². The molecule has 0 amide bonds. The van der Waals surface area contributed by atoms with Crippen molar-refractivity contribution < 1.29 is 9.47 Å². The van der Waals surface area contributed by atoms with Gasteiger partial charge in [-0.3, -0.25) is 0 Å². The van der Waals surface area contributed by atoms with Crippen molar-refractivity contribution >= 4 is 15.0 Å². The summed E-state index contributed by atoms with van der Waals surface area (Å²) in [5, 5.41) is 2.72. The van der Waals surface area contributed by atoms with Gasteiger partial charge in [-0.25, -0.2) is 0 Å². The number of rotatable bonds is 7. The van der Waals surface area contributed by atoms with Crippen LogP contribution in [0.2, 0.25) is 10.6 Å². The molecule has 0 radical (unpaired) electrons. The van der Waals surface area contributed by atoms with Crippen molar-refractivity contribution in [2.45, 2.75) is 56.0 Å². The van der Waals surface area contributed by atoms with Gasteiger partial charge in [0.1, 0.15) is 0 Å². The van der Waals surface area contributed by atoms with E-state index in [0.29, 0.717) is 0 Å². The molecule has 1 unspecified atom stereocenters. The summed E-state index contributed by atoms with van der Waals surface area (Å²) < 4.78 is 10.5. The van der Waals surface area contributed by atoms with Gasteiger partial charge in [-0.2, -0.15) is 0 Å². The third-order valence-electron chi connectivity index (χ3n) is 2.99. The summed E-state index contributed by atoms with van der Waals surface area (Å²) in [6.07, 6.45) is 7.35. The molecule has 1 aliphatic rings. The first-order valence-corrected chi connectivity index (χ1v) is 8.47. The van der Waals surface area contributed by atoms with Gasteiger partial charge in [0.2, 0.25) is 0 Å². The summed E-state index contributed by atoms with van der Waals surface area (Å²) in [5.41, 5.74) is 0. The summed E-state index contributed by atoms with van der Waals surface area (Å²) in [7, 11) is 1.69. The number of hydrogen-bond acceptors (Lipinski definition) is 2. The third-order valence-corrected chi connectivity index (χ3v) is 5.43. The van der Waals surface area contributed by atoms with Crippen molar-refractivity contribution in [1.29, 1.82) is 0 Å². The Morgan fingerprint density at radius 2 is 2.00 bits per heavy atom. The van der Waals surface area contributed by atoms with Crippen molar-refractivity contribution in [3.05, 3.63) is 0 Å². The summed E-state index contributed by atoms with van der Waals surface area (Å²) in [5.74, 6) is 1.04. The molecule has 0 aromatic carbocycles. The molecule has 0 spiro atoms. The Labute approximate surface area is 100 Å². The van der Waals surface area contributed by atoms with Crippen LogP contribution in [0.15, 0.2) is 0 Å². The summed E-state index contributed by atoms with van der Waals surface area (Å²) in [6.45, 7) is 2.83. The van der Waals surface area contributed by atoms with Gasteiger partial charge < -0.3 is 0 Å². The second-order valence-electron chi connectivity index (χ2n) is 4.25. The van der Waals surface area contributed by atoms with E-state index < -0.39 is 0 Å². The van der Waals surface area contributed by atoms with Gasteiger partial charge >= 0.3 is 100 Å². The first-order valence-electron chi connectivity index (χ1n) is 6.05. The minimum absolute atomic E-state index is 0.0320. The van der Waals surface area contributed by atoms with E-state index in [0.717, 1.165) is 27.5 Å². The Hall–Kier alpha value is 0.439. The van der Waals surface area contributed by atoms with E-state index in [9.17, 15) is 0 Å². The molecular formula is C12H24O2Se. The van der Waals surface area contributed by atoms with Gasteiger partial charge in [0.15, 0.2) is 0 Å². The SMILES string of the molecule is COC(C)OCC[Se]CC1CCCCC1. The van der Waals surface area contributed by atoms with Gasteiger partial charge in [0.25, 0.3) is 0 Å². The van der Waals surface area contributed by atoms with Crippen LogP contribution in [-0.2, 0) is 9.47 Å². The Morgan fingerprint density at radius 3 is 2.67 bits per heavy atom. The zero-order chi connectivity index (χ0) is 10.9. The zero-order valence-electron chi connectivity index (χ0n) is 10.0. The molecule has 0 aliphatic heterocycles. The predicted octanol–water partition coefficient (Wildman–Crippen LogP) is 3.12. The fraction of sp³-hybridized carbons (Fsp3) is 1.00. The molecule has 0 bridgehead atoms. The molecule has 1 aliphatic carbocycles. The van der Waals surface area contributed by atoms with Crippen molar-refractivity contribution in [3.8, 4) is 0 Å². The molecule has 0 heterocycles. The van der Waals surface area contributed by atoms with E-state index in [1.54, 1.807) is 7.11 Å². The maximum absolute atomic E-state index is 5.47. The molecular weight excluding hydrogens is 255 g/mol. The normalized spacial score (nSPS) is 20.4. The summed E-state index contributed by atoms with van der Waals surface area (Å²) in [6, 6.07) is 0. The number of methoxy groups -OCH3 is 1. The molecule has 1 fully saturated rings. The Morgan fingerprint density at radius 1 is 1.27 bits per heavy atom. The molecule has 2 nitrogen and oxygen atoms in total. The standard InChI is InChI=1S/C12H24O2Se/c1-11(13-2)14-8-9-15-10-12-6-4-3-5-7-12/h11-12H,3-10H2,1-2H3. The minimum atomic E-state index is -0.0320. The topological polar surface area (TPSA) is 18.5 Å². The van der Waals surface area contributed by atoms with Crippen molar-refractivity contribution in [2.24, 2.45) is 5.92 Å². The van der Waals surface area contributed by atoms with Crippen molar-refractivity contribution in [2.75, 3.05) is 13.7 Å². The van der Waals surface area contributed by atoms with Gasteiger partial charge in [0, 0.05) is 0 Å². The van der Waals surface area contributed by atoms with Crippen LogP contribution in [0.1, 0.15) is 39.0 Å². The molecule has 1 rings (SSSR count). The summed E-state index contributed by atoms with van der Waals surface area (Å²) in [4.78, 5) is 0.